The predicted octanol–water partition coefficient (Wildman–Crippen LogP) is 6.38. The van der Waals surface area contributed by atoms with Crippen LogP contribution in [0.2, 0.25) is 0 Å². The van der Waals surface area contributed by atoms with Crippen LogP contribution in [0.5, 0.6) is 11.5 Å². The highest BCUT2D eigenvalue weighted by Gasteiger charge is 2.46. The number of nitrogens with zero attached hydrogens (tertiary/aromatic N) is 8. The molecule has 2 aliphatic heterocycles. The third-order valence-corrected chi connectivity index (χ3v) is 13.9. The number of aldehydes is 1. The van der Waals surface area contributed by atoms with E-state index < -0.39 is 29.4 Å². The molecule has 1 spiro atoms. The number of hydrogen-bond donors (Lipinski definition) is 3. The average Bonchev–Trinajstić information content (AvgIpc) is 3.85. The number of nitrogens with one attached hydrogen (secondary N) is 2. The first-order valence-electron chi connectivity index (χ1n) is 21.6. The first-order valence-corrected chi connectivity index (χ1v) is 22.3. The Bertz CT molecular complexity index is 2660. The van der Waals surface area contributed by atoms with Gasteiger partial charge < -0.3 is 29.4 Å². The Labute approximate surface area is 373 Å². The fourth-order valence-electron chi connectivity index (χ4n) is 9.46. The molecule has 2 saturated heterocycles. The monoisotopic (exact) mass is 898 g/mol. The Morgan fingerprint density at radius 1 is 1.16 bits per heavy atom. The van der Waals surface area contributed by atoms with E-state index in [1.165, 1.54) is 48.3 Å². The van der Waals surface area contributed by atoms with Crippen molar-refractivity contribution in [2.75, 3.05) is 56.5 Å². The summed E-state index contributed by atoms with van der Waals surface area (Å²) in [5.41, 5.74) is 1.25. The SMILES string of the molecule is CCN(C)SNc1ccc(F)c(Oc2ccc3ncn(C4COC5(CCN(C6CCC(c7cc8c(cc7F)c(N(CCC=O)C(=O)NC)nn8C)CC6O)CC5)C4)c(=O)c3c2)c1C#N. The van der Waals surface area contributed by atoms with Gasteiger partial charge in [0.25, 0.3) is 5.56 Å². The van der Waals surface area contributed by atoms with Crippen molar-refractivity contribution in [3.8, 4) is 17.6 Å². The van der Waals surface area contributed by atoms with Gasteiger partial charge in [0.15, 0.2) is 17.4 Å². The Morgan fingerprint density at radius 3 is 2.67 bits per heavy atom. The second kappa shape index (κ2) is 18.8. The molecule has 64 heavy (non-hydrogen) atoms. The highest BCUT2D eigenvalue weighted by molar-refractivity contribution is 7.98. The number of likely N-dealkylation sites (tertiary alicyclic amines) is 1. The van der Waals surface area contributed by atoms with Crippen molar-refractivity contribution in [1.82, 2.24) is 33.9 Å². The summed E-state index contributed by atoms with van der Waals surface area (Å²) in [6.45, 7) is 4.54. The van der Waals surface area contributed by atoms with Crippen LogP contribution in [0.3, 0.4) is 0 Å². The molecular formula is C45H52F2N10O6S. The van der Waals surface area contributed by atoms with E-state index in [2.05, 4.69) is 25.0 Å². The first kappa shape index (κ1) is 44.9. The van der Waals surface area contributed by atoms with Crippen molar-refractivity contribution in [1.29, 1.82) is 5.26 Å². The van der Waals surface area contributed by atoms with Gasteiger partial charge in [-0.1, -0.05) is 6.92 Å². The van der Waals surface area contributed by atoms with Gasteiger partial charge in [0.2, 0.25) is 0 Å². The molecule has 0 bridgehead atoms. The summed E-state index contributed by atoms with van der Waals surface area (Å²) in [7, 11) is 5.09. The lowest BCUT2D eigenvalue weighted by molar-refractivity contribution is -0.107. The van der Waals surface area contributed by atoms with E-state index in [1.807, 2.05) is 24.3 Å². The van der Waals surface area contributed by atoms with Crippen LogP contribution < -0.4 is 25.2 Å². The van der Waals surface area contributed by atoms with Crippen molar-refractivity contribution in [2.24, 2.45) is 7.05 Å². The topological polar surface area (TPSA) is 183 Å². The molecular weight excluding hydrogens is 847 g/mol. The van der Waals surface area contributed by atoms with Crippen molar-refractivity contribution in [3.05, 3.63) is 81.9 Å². The van der Waals surface area contributed by atoms with Crippen LogP contribution in [-0.2, 0) is 16.6 Å². The number of nitriles is 1. The number of aromatic nitrogens is 4. The van der Waals surface area contributed by atoms with E-state index in [0.717, 1.165) is 12.8 Å². The molecule has 4 unspecified atom stereocenters. The number of hydrogen-bond acceptors (Lipinski definition) is 13. The molecule has 3 aromatic carbocycles. The maximum Gasteiger partial charge on any atom is 0.322 e. The number of carbonyl (C=O) groups excluding carboxylic acids is 2. The van der Waals surface area contributed by atoms with Crippen LogP contribution in [0, 0.1) is 23.0 Å². The number of aliphatic hydroxyl groups excluding tert-OH is 1. The molecule has 1 aliphatic carbocycles. The number of benzene rings is 3. The lowest BCUT2D eigenvalue weighted by Crippen LogP contribution is -2.53. The molecule has 338 valence electrons. The van der Waals surface area contributed by atoms with E-state index in [4.69, 9.17) is 9.47 Å². The lowest BCUT2D eigenvalue weighted by atomic mass is 9.78. The van der Waals surface area contributed by atoms with Crippen LogP contribution in [0.15, 0.2) is 53.6 Å². The zero-order valence-electron chi connectivity index (χ0n) is 36.2. The van der Waals surface area contributed by atoms with Crippen molar-refractivity contribution in [2.45, 2.75) is 81.6 Å². The van der Waals surface area contributed by atoms with Crippen LogP contribution in [-0.4, -0.2) is 111 Å². The fraction of sp³-hybridized carbons (Fsp3) is 0.467. The molecule has 2 aromatic heterocycles. The van der Waals surface area contributed by atoms with Crippen LogP contribution in [0.25, 0.3) is 21.8 Å². The maximum atomic E-state index is 15.9. The standard InChI is InChI=1S/C45H52F2N10O6S/c1-5-53(3)64-52-37-11-9-34(46)41(33(37)24-48)63-29-8-10-36-31(20-29)43(60)57(26-50-36)28-23-45(62-25-28)13-16-55(17-14-45)38-12-7-27(19-40(38)59)30-22-39-32(21-35(30)47)42(51-54(39)4)56(15-6-18-58)44(61)49-2/h8-11,18,20-22,26-28,38,40,52,59H,5-7,12-17,19,23,25H2,1-4H3,(H,49,61). The third kappa shape index (κ3) is 8.76. The predicted molar refractivity (Wildman–Crippen MR) is 239 cm³/mol. The van der Waals surface area contributed by atoms with Gasteiger partial charge in [-0.2, -0.15) is 10.4 Å². The van der Waals surface area contributed by atoms with Gasteiger partial charge in [-0.05, 0) is 99.5 Å². The maximum absolute atomic E-state index is 15.9. The fourth-order valence-corrected chi connectivity index (χ4v) is 10.0. The second-order valence-corrected chi connectivity index (χ2v) is 17.8. The van der Waals surface area contributed by atoms with Crippen molar-refractivity contribution in [3.63, 3.8) is 0 Å². The zero-order valence-corrected chi connectivity index (χ0v) is 37.0. The van der Waals surface area contributed by atoms with Crippen LogP contribution in [0.4, 0.5) is 25.1 Å². The van der Waals surface area contributed by atoms with Crippen LogP contribution >= 0.6 is 12.1 Å². The molecule has 4 atom stereocenters. The van der Waals surface area contributed by atoms with Crippen LogP contribution in [0.1, 0.15) is 75.0 Å². The number of urea groups is 1. The molecule has 3 N–H and O–H groups in total. The summed E-state index contributed by atoms with van der Waals surface area (Å²) in [6.07, 6.45) is 5.47. The van der Waals surface area contributed by atoms with Crippen molar-refractivity contribution < 1.29 is 33.0 Å². The Morgan fingerprint density at radius 2 is 1.95 bits per heavy atom. The van der Waals surface area contributed by atoms with E-state index in [0.29, 0.717) is 85.9 Å². The highest BCUT2D eigenvalue weighted by Crippen LogP contribution is 2.44. The minimum Gasteiger partial charge on any atom is -0.453 e. The number of halogens is 2. The van der Waals surface area contributed by atoms with E-state index >= 15 is 8.78 Å². The molecule has 19 heteroatoms. The number of aliphatic hydroxyl groups is 1. The minimum absolute atomic E-state index is 0.00549. The van der Waals surface area contributed by atoms with Crippen molar-refractivity contribution >= 4 is 57.8 Å². The van der Waals surface area contributed by atoms with E-state index in [1.54, 1.807) is 40.8 Å². The number of amides is 2. The van der Waals surface area contributed by atoms with Gasteiger partial charge in [0, 0.05) is 70.3 Å². The van der Waals surface area contributed by atoms with E-state index in [-0.39, 0.29) is 64.8 Å². The molecule has 0 radical (unpaired) electrons. The van der Waals surface area contributed by atoms with Gasteiger partial charge in [0.1, 0.15) is 29.5 Å². The quantitative estimate of drug-likeness (QED) is 0.0876. The second-order valence-electron chi connectivity index (χ2n) is 16.8. The number of anilines is 2. The number of piperidine rings is 1. The summed E-state index contributed by atoms with van der Waals surface area (Å²) in [5, 5.41) is 29.3. The normalized spacial score (nSPS) is 21.0. The largest absolute Gasteiger partial charge is 0.453 e. The number of fused-ring (bicyclic) bond motifs is 2. The highest BCUT2D eigenvalue weighted by atomic mass is 32.2. The number of ether oxygens (including phenoxy) is 2. The van der Waals surface area contributed by atoms with Gasteiger partial charge >= 0.3 is 6.03 Å². The Hall–Kier alpha value is -5.65. The molecule has 1 saturated carbocycles. The molecule has 8 rings (SSSR count). The Balaban J connectivity index is 0.910. The summed E-state index contributed by atoms with van der Waals surface area (Å²) in [6, 6.07) is 11.8. The molecule has 3 aliphatic rings. The molecule has 16 nitrogen and oxygen atoms in total. The number of carbonyl (C=O) groups is 2. The smallest absolute Gasteiger partial charge is 0.322 e. The first-order chi connectivity index (χ1) is 30.9. The summed E-state index contributed by atoms with van der Waals surface area (Å²) in [5.74, 6) is -1.15. The van der Waals surface area contributed by atoms with Gasteiger partial charge in [0.05, 0.1) is 52.8 Å². The zero-order chi connectivity index (χ0) is 45.3. The summed E-state index contributed by atoms with van der Waals surface area (Å²) in [4.78, 5) is 46.0. The summed E-state index contributed by atoms with van der Waals surface area (Å²) >= 11 is 1.27. The average molecular weight is 899 g/mol. The van der Waals surface area contributed by atoms with Gasteiger partial charge in [-0.15, -0.1) is 0 Å². The molecule has 2 amide bonds. The summed E-state index contributed by atoms with van der Waals surface area (Å²) < 4.78 is 51.6. The molecule has 5 aromatic rings. The molecule has 3 fully saturated rings. The number of rotatable bonds is 13. The lowest BCUT2D eigenvalue weighted by Gasteiger charge is -2.46. The van der Waals surface area contributed by atoms with Gasteiger partial charge in [-0.25, -0.2) is 22.9 Å². The Kier molecular flexibility index (Phi) is 13.2. The van der Waals surface area contributed by atoms with E-state index in [9.17, 15) is 24.8 Å². The minimum atomic E-state index is -0.715. The van der Waals surface area contributed by atoms with Gasteiger partial charge in [-0.3, -0.25) is 23.8 Å². The third-order valence-electron chi connectivity index (χ3n) is 13.1. The molecule has 4 heterocycles. The number of aryl methyl sites for hydroxylation is 1.